The van der Waals surface area contributed by atoms with E-state index in [9.17, 15) is 14.7 Å². The van der Waals surface area contributed by atoms with E-state index in [1.54, 1.807) is 4.90 Å². The fourth-order valence-electron chi connectivity index (χ4n) is 4.50. The average Bonchev–Trinajstić information content (AvgIpc) is 2.96. The number of benzene rings is 1. The maximum absolute atomic E-state index is 12.2. The normalized spacial score (nSPS) is 31.0. The fraction of sp³-hybridized carbons (Fsp3) is 0.556. The molecular formula is C18H22N4O4. The first-order valence-corrected chi connectivity index (χ1v) is 9.16. The number of rotatable bonds is 1. The molecule has 8 heteroatoms. The minimum absolute atomic E-state index is 0.244. The van der Waals surface area contributed by atoms with Crippen LogP contribution in [0.5, 0.6) is 5.75 Å². The van der Waals surface area contributed by atoms with Crippen LogP contribution in [0.1, 0.15) is 30.2 Å². The zero-order chi connectivity index (χ0) is 17.8. The Morgan fingerprint density at radius 2 is 2.15 bits per heavy atom. The summed E-state index contributed by atoms with van der Waals surface area (Å²) in [5, 5.41) is 16.6. The Hall–Kier alpha value is -2.16. The molecule has 1 aromatic carbocycles. The second-order valence-electron chi connectivity index (χ2n) is 7.39. The molecule has 2 amide bonds. The number of carbonyl (C=O) groups is 2. The third-order valence-electron chi connectivity index (χ3n) is 5.87. The van der Waals surface area contributed by atoms with Gasteiger partial charge in [0.2, 0.25) is 11.8 Å². The van der Waals surface area contributed by atoms with E-state index in [0.29, 0.717) is 32.0 Å². The molecule has 4 aliphatic heterocycles. The largest absolute Gasteiger partial charge is 0.489 e. The topological polar surface area (TPSA) is 94.1 Å². The van der Waals surface area contributed by atoms with Gasteiger partial charge in [0.1, 0.15) is 18.6 Å². The number of imide groups is 1. The van der Waals surface area contributed by atoms with Gasteiger partial charge in [0, 0.05) is 38.2 Å². The molecule has 3 N–H and O–H groups in total. The first-order valence-electron chi connectivity index (χ1n) is 9.16. The van der Waals surface area contributed by atoms with E-state index >= 15 is 0 Å². The van der Waals surface area contributed by atoms with Gasteiger partial charge in [0.25, 0.3) is 0 Å². The highest BCUT2D eigenvalue weighted by Crippen LogP contribution is 2.43. The van der Waals surface area contributed by atoms with Crippen molar-refractivity contribution in [3.8, 4) is 5.75 Å². The van der Waals surface area contributed by atoms with Crippen molar-refractivity contribution in [2.75, 3.05) is 31.1 Å². The molecule has 0 aromatic heterocycles. The first kappa shape index (κ1) is 16.0. The van der Waals surface area contributed by atoms with Crippen molar-refractivity contribution in [3.63, 3.8) is 0 Å². The van der Waals surface area contributed by atoms with E-state index in [-0.39, 0.29) is 11.8 Å². The minimum atomic E-state index is -0.858. The molecule has 1 aromatic rings. The molecule has 0 spiro atoms. The number of aliphatic hydroxyl groups is 1. The van der Waals surface area contributed by atoms with Crippen LogP contribution in [0.4, 0.5) is 5.69 Å². The minimum Gasteiger partial charge on any atom is -0.489 e. The van der Waals surface area contributed by atoms with Gasteiger partial charge < -0.3 is 20.1 Å². The summed E-state index contributed by atoms with van der Waals surface area (Å²) in [5.41, 5.74) is 2.88. The predicted octanol–water partition coefficient (Wildman–Crippen LogP) is -0.531. The highest BCUT2D eigenvalue weighted by molar-refractivity contribution is 6.00. The summed E-state index contributed by atoms with van der Waals surface area (Å²) < 4.78 is 5.95. The monoisotopic (exact) mass is 358 g/mol. The number of fused-ring (bicyclic) bond motifs is 4. The molecule has 0 saturated carbocycles. The van der Waals surface area contributed by atoms with E-state index in [2.05, 4.69) is 21.6 Å². The summed E-state index contributed by atoms with van der Waals surface area (Å²) in [7, 11) is 0. The zero-order valence-electron chi connectivity index (χ0n) is 14.4. The van der Waals surface area contributed by atoms with Crippen molar-refractivity contribution in [1.29, 1.82) is 0 Å². The summed E-state index contributed by atoms with van der Waals surface area (Å²) in [6, 6.07) is 3.85. The number of amides is 2. The van der Waals surface area contributed by atoms with Crippen LogP contribution in [0.15, 0.2) is 12.1 Å². The van der Waals surface area contributed by atoms with Gasteiger partial charge in [-0.3, -0.25) is 19.8 Å². The number of aliphatic hydroxyl groups excluding tert-OH is 1. The number of hydrogen-bond donors (Lipinski definition) is 3. The van der Waals surface area contributed by atoms with Gasteiger partial charge >= 0.3 is 0 Å². The highest BCUT2D eigenvalue weighted by atomic mass is 16.5. The van der Waals surface area contributed by atoms with Crippen LogP contribution in [0.3, 0.4) is 0 Å². The van der Waals surface area contributed by atoms with Crippen molar-refractivity contribution in [1.82, 2.24) is 15.5 Å². The molecule has 0 aliphatic carbocycles. The van der Waals surface area contributed by atoms with Crippen LogP contribution in [-0.4, -0.2) is 60.1 Å². The molecule has 5 rings (SSSR count). The highest BCUT2D eigenvalue weighted by Gasteiger charge is 2.41. The van der Waals surface area contributed by atoms with E-state index in [0.717, 1.165) is 42.2 Å². The van der Waals surface area contributed by atoms with Gasteiger partial charge in [0.05, 0.1) is 17.8 Å². The molecule has 1 unspecified atom stereocenters. The summed E-state index contributed by atoms with van der Waals surface area (Å²) >= 11 is 0. The summed E-state index contributed by atoms with van der Waals surface area (Å²) in [5.74, 6) is 0.230. The lowest BCUT2D eigenvalue weighted by atomic mass is 10.0. The van der Waals surface area contributed by atoms with Gasteiger partial charge in [-0.25, -0.2) is 0 Å². The number of carbonyl (C=O) groups excluding carboxylic acids is 2. The Morgan fingerprint density at radius 3 is 3.00 bits per heavy atom. The van der Waals surface area contributed by atoms with Crippen LogP contribution >= 0.6 is 0 Å². The van der Waals surface area contributed by atoms with Crippen molar-refractivity contribution in [2.45, 2.75) is 37.7 Å². The Bertz CT molecular complexity index is 783. The van der Waals surface area contributed by atoms with Gasteiger partial charge in [-0.1, -0.05) is 0 Å². The van der Waals surface area contributed by atoms with Crippen molar-refractivity contribution >= 4 is 17.5 Å². The summed E-state index contributed by atoms with van der Waals surface area (Å²) in [6.45, 7) is 3.90. The lowest BCUT2D eigenvalue weighted by molar-refractivity contribution is -0.141. The molecule has 138 valence electrons. The quantitative estimate of drug-likeness (QED) is 0.581. The SMILES string of the molecule is O=C1CC[C@H](N2Cc3cc4c(cc3C2O)OC[C@@H]2CNCCN42)C(=O)N1. The number of ether oxygens (including phenoxy) is 1. The number of hydrogen-bond acceptors (Lipinski definition) is 7. The van der Waals surface area contributed by atoms with Gasteiger partial charge in [-0.2, -0.15) is 0 Å². The molecule has 26 heavy (non-hydrogen) atoms. The number of piperazine rings is 1. The second kappa shape index (κ2) is 5.94. The van der Waals surface area contributed by atoms with E-state index in [4.69, 9.17) is 4.74 Å². The molecular weight excluding hydrogens is 336 g/mol. The first-order chi connectivity index (χ1) is 12.6. The van der Waals surface area contributed by atoms with Crippen molar-refractivity contribution in [2.24, 2.45) is 0 Å². The van der Waals surface area contributed by atoms with Gasteiger partial charge in [-0.05, 0) is 24.1 Å². The van der Waals surface area contributed by atoms with Crippen LogP contribution < -0.4 is 20.3 Å². The molecule has 0 bridgehead atoms. The maximum atomic E-state index is 12.2. The third-order valence-corrected chi connectivity index (χ3v) is 5.87. The third kappa shape index (κ3) is 2.40. The number of nitrogens with one attached hydrogen (secondary N) is 2. The molecule has 3 atom stereocenters. The smallest absolute Gasteiger partial charge is 0.244 e. The lowest BCUT2D eigenvalue weighted by Gasteiger charge is -2.42. The molecule has 4 heterocycles. The average molecular weight is 358 g/mol. The van der Waals surface area contributed by atoms with Crippen LogP contribution in [0, 0.1) is 0 Å². The molecule has 0 radical (unpaired) electrons. The van der Waals surface area contributed by atoms with Crippen LogP contribution in [-0.2, 0) is 16.1 Å². The number of anilines is 1. The standard InChI is InChI=1S/C18H22N4O4/c23-16-2-1-13(17(24)20-16)22-8-10-5-14-15(6-12(10)18(22)25)26-9-11-7-19-3-4-21(11)14/h5-6,11,13,18-19,25H,1-4,7-9H2,(H,20,23,24)/t11-,13-,18?/m0/s1. The molecule has 4 aliphatic rings. The Balaban J connectivity index is 1.45. The number of piperidine rings is 1. The Labute approximate surface area is 151 Å². The maximum Gasteiger partial charge on any atom is 0.244 e. The number of nitrogens with zero attached hydrogens (tertiary/aromatic N) is 2. The van der Waals surface area contributed by atoms with E-state index in [1.165, 1.54) is 0 Å². The Morgan fingerprint density at radius 1 is 1.27 bits per heavy atom. The van der Waals surface area contributed by atoms with E-state index in [1.807, 2.05) is 6.07 Å². The molecule has 2 saturated heterocycles. The molecule has 8 nitrogen and oxygen atoms in total. The predicted molar refractivity (Wildman–Crippen MR) is 92.6 cm³/mol. The summed E-state index contributed by atoms with van der Waals surface area (Å²) in [6.07, 6.45) is -0.118. The second-order valence-corrected chi connectivity index (χ2v) is 7.39. The summed E-state index contributed by atoms with van der Waals surface area (Å²) in [4.78, 5) is 27.8. The van der Waals surface area contributed by atoms with Crippen LogP contribution in [0.2, 0.25) is 0 Å². The van der Waals surface area contributed by atoms with Gasteiger partial charge in [-0.15, -0.1) is 0 Å². The van der Waals surface area contributed by atoms with Gasteiger partial charge in [0.15, 0.2) is 0 Å². The molecule has 2 fully saturated rings. The lowest BCUT2D eigenvalue weighted by Crippen LogP contribution is -2.55. The fourth-order valence-corrected chi connectivity index (χ4v) is 4.50. The van der Waals surface area contributed by atoms with Crippen molar-refractivity contribution in [3.05, 3.63) is 23.3 Å². The van der Waals surface area contributed by atoms with E-state index < -0.39 is 12.3 Å². The zero-order valence-corrected chi connectivity index (χ0v) is 14.4. The van der Waals surface area contributed by atoms with Crippen molar-refractivity contribution < 1.29 is 19.4 Å². The Kier molecular flexibility index (Phi) is 3.66. The van der Waals surface area contributed by atoms with Crippen LogP contribution in [0.25, 0.3) is 0 Å².